The zero-order chi connectivity index (χ0) is 22.5. The van der Waals surface area contributed by atoms with Gasteiger partial charge in [-0.15, -0.1) is 0 Å². The maximum Gasteiger partial charge on any atom is 0.169 e. The summed E-state index contributed by atoms with van der Waals surface area (Å²) in [5.41, 5.74) is 3.75. The van der Waals surface area contributed by atoms with Crippen molar-refractivity contribution >= 4 is 17.8 Å². The molecule has 0 amide bonds. The van der Waals surface area contributed by atoms with Crippen LogP contribution in [-0.2, 0) is 6.54 Å². The standard InChI is InChI=1S/C28H43N3.BrH/c1-6-30(7-2)28-18-16-26(17-19-28)14-11-12-15-27-20-23-29(24-21-27)22-13-25-31(8-3,9-4)10-5;/h11-12,14-21,23-24H,6-10,13,22,25H2,1-5H3;1H/q+2;/p-1. The van der Waals surface area contributed by atoms with Crippen LogP contribution in [-0.4, -0.2) is 43.8 Å². The van der Waals surface area contributed by atoms with E-state index in [1.807, 2.05) is 0 Å². The minimum atomic E-state index is 0. The van der Waals surface area contributed by atoms with Gasteiger partial charge in [-0.2, -0.15) is 0 Å². The normalized spacial score (nSPS) is 11.8. The first kappa shape index (κ1) is 28.1. The number of hydrogen-bond donors (Lipinski definition) is 0. The van der Waals surface area contributed by atoms with Gasteiger partial charge in [0.05, 0.1) is 32.6 Å². The van der Waals surface area contributed by atoms with Gasteiger partial charge >= 0.3 is 0 Å². The van der Waals surface area contributed by atoms with Crippen LogP contribution < -0.4 is 26.4 Å². The predicted octanol–water partition coefficient (Wildman–Crippen LogP) is 2.82. The number of nitrogens with zero attached hydrogens (tertiary/aromatic N) is 3. The summed E-state index contributed by atoms with van der Waals surface area (Å²) in [5.74, 6) is 0. The van der Waals surface area contributed by atoms with Crippen LogP contribution >= 0.6 is 0 Å². The summed E-state index contributed by atoms with van der Waals surface area (Å²) in [4.78, 5) is 2.36. The largest absolute Gasteiger partial charge is 1.00 e. The van der Waals surface area contributed by atoms with Gasteiger partial charge in [0.1, 0.15) is 0 Å². The number of anilines is 1. The Bertz CT molecular complexity index is 793. The second-order valence-electron chi connectivity index (χ2n) is 8.22. The minimum absolute atomic E-state index is 0. The summed E-state index contributed by atoms with van der Waals surface area (Å²) in [5, 5.41) is 0. The van der Waals surface area contributed by atoms with Crippen molar-refractivity contribution in [1.29, 1.82) is 0 Å². The highest BCUT2D eigenvalue weighted by Gasteiger charge is 2.20. The Morgan fingerprint density at radius 3 is 1.72 bits per heavy atom. The molecule has 176 valence electrons. The van der Waals surface area contributed by atoms with E-state index in [0.29, 0.717) is 0 Å². The summed E-state index contributed by atoms with van der Waals surface area (Å²) in [6, 6.07) is 13.2. The second kappa shape index (κ2) is 15.0. The molecule has 0 saturated heterocycles. The van der Waals surface area contributed by atoms with Gasteiger partial charge in [-0.3, -0.25) is 0 Å². The Morgan fingerprint density at radius 2 is 1.25 bits per heavy atom. The fourth-order valence-corrected chi connectivity index (χ4v) is 4.18. The highest BCUT2D eigenvalue weighted by Crippen LogP contribution is 2.15. The van der Waals surface area contributed by atoms with Crippen LogP contribution in [0.3, 0.4) is 0 Å². The number of quaternary nitrogens is 1. The van der Waals surface area contributed by atoms with Crippen LogP contribution in [0.1, 0.15) is 52.2 Å². The molecule has 0 spiro atoms. The molecular formula is C28H43BrN3+. The van der Waals surface area contributed by atoms with E-state index in [2.05, 4.69) is 117 Å². The van der Waals surface area contributed by atoms with Crippen LogP contribution in [0, 0.1) is 0 Å². The summed E-state index contributed by atoms with van der Waals surface area (Å²) >= 11 is 0. The Hall–Kier alpha value is -1.91. The van der Waals surface area contributed by atoms with E-state index in [-0.39, 0.29) is 17.0 Å². The molecule has 0 aliphatic carbocycles. The van der Waals surface area contributed by atoms with Gasteiger partial charge in [0, 0.05) is 30.9 Å². The number of rotatable bonds is 13. The van der Waals surface area contributed by atoms with Crippen LogP contribution in [0.2, 0.25) is 0 Å². The van der Waals surface area contributed by atoms with Crippen molar-refractivity contribution in [2.75, 3.05) is 44.2 Å². The number of aromatic nitrogens is 1. The molecule has 4 heteroatoms. The van der Waals surface area contributed by atoms with Gasteiger partial charge in [-0.25, -0.2) is 4.57 Å². The average Bonchev–Trinajstić information content (AvgIpc) is 2.82. The fraction of sp³-hybridized carbons (Fsp3) is 0.464. The van der Waals surface area contributed by atoms with Crippen LogP contribution in [0.4, 0.5) is 5.69 Å². The van der Waals surface area contributed by atoms with Crippen molar-refractivity contribution in [2.24, 2.45) is 0 Å². The van der Waals surface area contributed by atoms with Gasteiger partial charge in [-0.1, -0.05) is 36.4 Å². The SMILES string of the molecule is CCN(CC)c1ccc(/C=C/C=C/c2cc[n+](CCC[N+](CC)(CC)CC)cc2)cc1.[Br-]. The number of aryl methyl sites for hydroxylation is 1. The quantitative estimate of drug-likeness (QED) is 0.233. The zero-order valence-corrected chi connectivity index (χ0v) is 22.4. The molecule has 0 N–H and O–H groups in total. The highest BCUT2D eigenvalue weighted by atomic mass is 79.9. The lowest BCUT2D eigenvalue weighted by atomic mass is 10.1. The van der Waals surface area contributed by atoms with Crippen molar-refractivity contribution in [3.63, 3.8) is 0 Å². The Kier molecular flexibility index (Phi) is 13.2. The predicted molar refractivity (Wildman–Crippen MR) is 136 cm³/mol. The molecular weight excluding hydrogens is 458 g/mol. The minimum Gasteiger partial charge on any atom is -1.00 e. The number of halogens is 1. The zero-order valence-electron chi connectivity index (χ0n) is 20.8. The van der Waals surface area contributed by atoms with Gasteiger partial charge < -0.3 is 26.4 Å². The smallest absolute Gasteiger partial charge is 0.169 e. The van der Waals surface area contributed by atoms with E-state index in [0.717, 1.165) is 19.6 Å². The molecule has 2 aromatic rings. The molecule has 0 fully saturated rings. The molecule has 1 heterocycles. The molecule has 0 bridgehead atoms. The molecule has 32 heavy (non-hydrogen) atoms. The molecule has 1 aromatic heterocycles. The number of allylic oxidation sites excluding steroid dienone is 2. The van der Waals surface area contributed by atoms with Crippen LogP contribution in [0.15, 0.2) is 60.9 Å². The van der Waals surface area contributed by atoms with E-state index < -0.39 is 0 Å². The first-order valence-electron chi connectivity index (χ1n) is 12.1. The van der Waals surface area contributed by atoms with E-state index in [1.165, 1.54) is 53.9 Å². The molecule has 1 aromatic carbocycles. The van der Waals surface area contributed by atoms with Crippen molar-refractivity contribution in [1.82, 2.24) is 0 Å². The molecule has 0 aliphatic rings. The Labute approximate surface area is 207 Å². The van der Waals surface area contributed by atoms with Gasteiger partial charge in [0.25, 0.3) is 0 Å². The summed E-state index contributed by atoms with van der Waals surface area (Å²) in [6.07, 6.45) is 14.2. The van der Waals surface area contributed by atoms with Crippen molar-refractivity contribution in [3.05, 3.63) is 72.1 Å². The number of pyridine rings is 1. The van der Waals surface area contributed by atoms with E-state index in [9.17, 15) is 0 Å². The molecule has 0 atom stereocenters. The number of hydrogen-bond acceptors (Lipinski definition) is 1. The molecule has 0 radical (unpaired) electrons. The van der Waals surface area contributed by atoms with E-state index >= 15 is 0 Å². The summed E-state index contributed by atoms with van der Waals surface area (Å²) < 4.78 is 3.53. The first-order valence-corrected chi connectivity index (χ1v) is 12.1. The van der Waals surface area contributed by atoms with E-state index in [4.69, 9.17) is 0 Å². The molecule has 2 rings (SSSR count). The average molecular weight is 502 g/mol. The number of benzene rings is 1. The molecule has 0 saturated carbocycles. The van der Waals surface area contributed by atoms with Crippen molar-refractivity contribution < 1.29 is 26.0 Å². The molecule has 0 unspecified atom stereocenters. The summed E-state index contributed by atoms with van der Waals surface area (Å²) in [7, 11) is 0. The maximum absolute atomic E-state index is 2.36. The third-order valence-corrected chi connectivity index (χ3v) is 6.69. The van der Waals surface area contributed by atoms with Crippen molar-refractivity contribution in [3.8, 4) is 0 Å². The molecule has 0 aliphatic heterocycles. The lowest BCUT2D eigenvalue weighted by Gasteiger charge is -2.35. The monoisotopic (exact) mass is 500 g/mol. The van der Waals surface area contributed by atoms with Gasteiger partial charge in [0.2, 0.25) is 0 Å². The van der Waals surface area contributed by atoms with Gasteiger partial charge in [-0.05, 0) is 57.9 Å². The van der Waals surface area contributed by atoms with Crippen LogP contribution in [0.5, 0.6) is 0 Å². The maximum atomic E-state index is 2.36. The third kappa shape index (κ3) is 8.55. The summed E-state index contributed by atoms with van der Waals surface area (Å²) in [6.45, 7) is 19.5. The van der Waals surface area contributed by atoms with Crippen molar-refractivity contribution in [2.45, 2.75) is 47.6 Å². The van der Waals surface area contributed by atoms with E-state index in [1.54, 1.807) is 0 Å². The lowest BCUT2D eigenvalue weighted by molar-refractivity contribution is -0.925. The molecule has 3 nitrogen and oxygen atoms in total. The Morgan fingerprint density at radius 1 is 0.750 bits per heavy atom. The van der Waals surface area contributed by atoms with Gasteiger partial charge in [0.15, 0.2) is 18.9 Å². The topological polar surface area (TPSA) is 7.12 Å². The van der Waals surface area contributed by atoms with Crippen LogP contribution in [0.25, 0.3) is 12.2 Å². The Balaban J connectivity index is 0.00000512. The first-order chi connectivity index (χ1) is 15.1. The lowest BCUT2D eigenvalue weighted by Crippen LogP contribution is -3.00. The third-order valence-electron chi connectivity index (χ3n) is 6.69. The second-order valence-corrected chi connectivity index (χ2v) is 8.22. The highest BCUT2D eigenvalue weighted by molar-refractivity contribution is 5.59. The fourth-order valence-electron chi connectivity index (χ4n) is 4.18.